The summed E-state index contributed by atoms with van der Waals surface area (Å²) in [4.78, 5) is 27.4. The first-order chi connectivity index (χ1) is 11.6. The SMILES string of the molecule is O=C(NCc1ccccc1C(=O)O)Nc1cc2c(cn1)CCCC2. The number of nitrogens with one attached hydrogen (secondary N) is 2. The van der Waals surface area contributed by atoms with Crippen LogP contribution in [0.15, 0.2) is 36.5 Å². The zero-order valence-electron chi connectivity index (χ0n) is 13.2. The Morgan fingerprint density at radius 1 is 1.12 bits per heavy atom. The van der Waals surface area contributed by atoms with E-state index in [2.05, 4.69) is 15.6 Å². The Hall–Kier alpha value is -2.89. The number of hydrogen-bond acceptors (Lipinski definition) is 3. The molecule has 124 valence electrons. The van der Waals surface area contributed by atoms with Gasteiger partial charge in [-0.1, -0.05) is 18.2 Å². The molecule has 0 unspecified atom stereocenters. The maximum Gasteiger partial charge on any atom is 0.336 e. The largest absolute Gasteiger partial charge is 0.478 e. The van der Waals surface area contributed by atoms with Crippen molar-refractivity contribution in [1.29, 1.82) is 0 Å². The molecule has 0 atom stereocenters. The zero-order chi connectivity index (χ0) is 16.9. The van der Waals surface area contributed by atoms with Gasteiger partial charge in [0.05, 0.1) is 5.56 Å². The van der Waals surface area contributed by atoms with Crippen LogP contribution in [0.25, 0.3) is 0 Å². The lowest BCUT2D eigenvalue weighted by molar-refractivity contribution is 0.0695. The van der Waals surface area contributed by atoms with Gasteiger partial charge in [-0.15, -0.1) is 0 Å². The number of amides is 2. The first-order valence-electron chi connectivity index (χ1n) is 7.97. The molecule has 3 N–H and O–H groups in total. The third-order valence-corrected chi connectivity index (χ3v) is 4.15. The second kappa shape index (κ2) is 7.12. The predicted octanol–water partition coefficient (Wildman–Crippen LogP) is 2.98. The van der Waals surface area contributed by atoms with Gasteiger partial charge in [0.15, 0.2) is 0 Å². The van der Waals surface area contributed by atoms with Crippen molar-refractivity contribution < 1.29 is 14.7 Å². The van der Waals surface area contributed by atoms with Crippen LogP contribution in [0.1, 0.15) is 39.9 Å². The molecule has 0 spiro atoms. The van der Waals surface area contributed by atoms with Gasteiger partial charge in [0.2, 0.25) is 0 Å². The van der Waals surface area contributed by atoms with Gasteiger partial charge in [-0.25, -0.2) is 14.6 Å². The van der Waals surface area contributed by atoms with E-state index in [0.29, 0.717) is 11.4 Å². The van der Waals surface area contributed by atoms with E-state index >= 15 is 0 Å². The van der Waals surface area contributed by atoms with Crippen molar-refractivity contribution in [2.75, 3.05) is 5.32 Å². The van der Waals surface area contributed by atoms with Crippen LogP contribution in [0.2, 0.25) is 0 Å². The van der Waals surface area contributed by atoms with Gasteiger partial charge < -0.3 is 10.4 Å². The van der Waals surface area contributed by atoms with Crippen LogP contribution in [0.4, 0.5) is 10.6 Å². The minimum atomic E-state index is -1.01. The number of urea groups is 1. The summed E-state index contributed by atoms with van der Waals surface area (Å²) in [6, 6.07) is 8.11. The van der Waals surface area contributed by atoms with Crippen LogP contribution in [0.5, 0.6) is 0 Å². The summed E-state index contributed by atoms with van der Waals surface area (Å²) in [5, 5.41) is 14.5. The number of nitrogens with zero attached hydrogens (tertiary/aromatic N) is 1. The van der Waals surface area contributed by atoms with Gasteiger partial charge in [-0.05, 0) is 54.5 Å². The molecule has 2 amide bonds. The standard InChI is InChI=1S/C18H19N3O3/c22-17(23)15-8-4-3-7-14(15)11-20-18(24)21-16-9-12-5-1-2-6-13(12)10-19-16/h3-4,7-10H,1-2,5-6,11H2,(H,22,23)(H2,19,20,21,24). The highest BCUT2D eigenvalue weighted by atomic mass is 16.4. The van der Waals surface area contributed by atoms with Crippen molar-refractivity contribution in [2.24, 2.45) is 0 Å². The average molecular weight is 325 g/mol. The molecule has 0 saturated heterocycles. The number of carboxylic acids is 1. The molecule has 24 heavy (non-hydrogen) atoms. The lowest BCUT2D eigenvalue weighted by Gasteiger charge is -2.16. The first-order valence-corrected chi connectivity index (χ1v) is 7.97. The maximum atomic E-state index is 12.0. The fourth-order valence-electron chi connectivity index (χ4n) is 2.90. The number of anilines is 1. The normalized spacial score (nSPS) is 13.0. The minimum Gasteiger partial charge on any atom is -0.478 e. The van der Waals surface area contributed by atoms with Gasteiger partial charge in [0, 0.05) is 12.7 Å². The number of pyridine rings is 1. The highest BCUT2D eigenvalue weighted by Gasteiger charge is 2.13. The Kier molecular flexibility index (Phi) is 4.74. The fraction of sp³-hybridized carbons (Fsp3) is 0.278. The number of benzene rings is 1. The topological polar surface area (TPSA) is 91.3 Å². The molecule has 6 heteroatoms. The van der Waals surface area contributed by atoms with Crippen molar-refractivity contribution in [3.8, 4) is 0 Å². The number of carbonyl (C=O) groups is 2. The Labute approximate surface area is 139 Å². The summed E-state index contributed by atoms with van der Waals surface area (Å²) in [5.41, 5.74) is 3.23. The smallest absolute Gasteiger partial charge is 0.336 e. The summed E-state index contributed by atoms with van der Waals surface area (Å²) in [6.45, 7) is 0.138. The number of aromatic nitrogens is 1. The van der Waals surface area contributed by atoms with Gasteiger partial charge in [0.1, 0.15) is 5.82 Å². The number of carbonyl (C=O) groups excluding carboxylic acids is 1. The van der Waals surface area contributed by atoms with Gasteiger partial charge in [-0.3, -0.25) is 5.32 Å². The number of carboxylic acid groups (broad SMARTS) is 1. The number of rotatable bonds is 4. The van der Waals surface area contributed by atoms with E-state index in [1.54, 1.807) is 18.2 Å². The van der Waals surface area contributed by atoms with E-state index < -0.39 is 12.0 Å². The van der Waals surface area contributed by atoms with Crippen molar-refractivity contribution in [3.05, 3.63) is 58.8 Å². The van der Waals surface area contributed by atoms with Crippen molar-refractivity contribution >= 4 is 17.8 Å². The van der Waals surface area contributed by atoms with Crippen LogP contribution < -0.4 is 10.6 Å². The molecule has 1 aliphatic rings. The number of aryl methyl sites for hydroxylation is 2. The minimum absolute atomic E-state index is 0.138. The summed E-state index contributed by atoms with van der Waals surface area (Å²) in [5.74, 6) is -0.496. The van der Waals surface area contributed by atoms with Crippen LogP contribution in [0, 0.1) is 0 Å². The van der Waals surface area contributed by atoms with E-state index in [4.69, 9.17) is 5.11 Å². The fourth-order valence-corrected chi connectivity index (χ4v) is 2.90. The predicted molar refractivity (Wildman–Crippen MR) is 90.1 cm³/mol. The van der Waals surface area contributed by atoms with Gasteiger partial charge >= 0.3 is 12.0 Å². The van der Waals surface area contributed by atoms with Gasteiger partial charge in [-0.2, -0.15) is 0 Å². The lowest BCUT2D eigenvalue weighted by atomic mass is 9.93. The molecule has 6 nitrogen and oxygen atoms in total. The molecule has 1 aromatic carbocycles. The summed E-state index contributed by atoms with van der Waals surface area (Å²) >= 11 is 0. The van der Waals surface area contributed by atoms with Crippen LogP contribution in [0.3, 0.4) is 0 Å². The summed E-state index contributed by atoms with van der Waals surface area (Å²) < 4.78 is 0. The third-order valence-electron chi connectivity index (χ3n) is 4.15. The zero-order valence-corrected chi connectivity index (χ0v) is 13.2. The number of hydrogen-bond donors (Lipinski definition) is 3. The molecule has 1 aliphatic carbocycles. The molecule has 0 aliphatic heterocycles. The number of fused-ring (bicyclic) bond motifs is 1. The molecule has 3 rings (SSSR count). The van der Waals surface area contributed by atoms with E-state index in [1.165, 1.54) is 23.6 Å². The second-order valence-electron chi connectivity index (χ2n) is 5.82. The molecule has 0 fully saturated rings. The molecule has 1 heterocycles. The van der Waals surface area contributed by atoms with Crippen molar-refractivity contribution in [1.82, 2.24) is 10.3 Å². The van der Waals surface area contributed by atoms with E-state index in [1.807, 2.05) is 12.3 Å². The highest BCUT2D eigenvalue weighted by Crippen LogP contribution is 2.22. The molecule has 0 bridgehead atoms. The molecule has 0 saturated carbocycles. The highest BCUT2D eigenvalue weighted by molar-refractivity contribution is 5.90. The average Bonchev–Trinajstić information content (AvgIpc) is 2.60. The maximum absolute atomic E-state index is 12.0. The van der Waals surface area contributed by atoms with E-state index in [-0.39, 0.29) is 12.1 Å². The van der Waals surface area contributed by atoms with Crippen LogP contribution in [-0.2, 0) is 19.4 Å². The van der Waals surface area contributed by atoms with Crippen molar-refractivity contribution in [2.45, 2.75) is 32.2 Å². The quantitative estimate of drug-likeness (QED) is 0.806. The second-order valence-corrected chi connectivity index (χ2v) is 5.82. The Morgan fingerprint density at radius 2 is 1.88 bits per heavy atom. The Morgan fingerprint density at radius 3 is 2.67 bits per heavy atom. The van der Waals surface area contributed by atoms with Gasteiger partial charge in [0.25, 0.3) is 0 Å². The molecular weight excluding hydrogens is 306 g/mol. The summed E-state index contributed by atoms with van der Waals surface area (Å²) in [6.07, 6.45) is 6.23. The monoisotopic (exact) mass is 325 g/mol. The Balaban J connectivity index is 1.61. The lowest BCUT2D eigenvalue weighted by Crippen LogP contribution is -2.29. The molecule has 0 radical (unpaired) electrons. The van der Waals surface area contributed by atoms with Crippen molar-refractivity contribution in [3.63, 3.8) is 0 Å². The molecular formula is C18H19N3O3. The van der Waals surface area contributed by atoms with Crippen LogP contribution in [-0.4, -0.2) is 22.1 Å². The summed E-state index contributed by atoms with van der Waals surface area (Å²) in [7, 11) is 0. The first kappa shape index (κ1) is 16.0. The molecule has 2 aromatic rings. The van der Waals surface area contributed by atoms with E-state index in [9.17, 15) is 9.59 Å². The van der Waals surface area contributed by atoms with E-state index in [0.717, 1.165) is 19.3 Å². The van der Waals surface area contributed by atoms with Crippen LogP contribution >= 0.6 is 0 Å². The third kappa shape index (κ3) is 3.71. The number of aromatic carboxylic acids is 1. The Bertz CT molecular complexity index is 774. The molecule has 1 aromatic heterocycles.